The first kappa shape index (κ1) is 15.3. The lowest BCUT2D eigenvalue weighted by Crippen LogP contribution is -2.19. The molecule has 1 N–H and O–H groups in total. The van der Waals surface area contributed by atoms with Crippen molar-refractivity contribution in [2.45, 2.75) is 19.4 Å². The van der Waals surface area contributed by atoms with Gasteiger partial charge in [-0.25, -0.2) is 4.39 Å². The second-order valence-corrected chi connectivity index (χ2v) is 5.69. The Balaban J connectivity index is 2.28. The largest absolute Gasteiger partial charge is 0.313 e. The van der Waals surface area contributed by atoms with Crippen LogP contribution in [0.4, 0.5) is 4.39 Å². The molecule has 1 unspecified atom stereocenters. The van der Waals surface area contributed by atoms with Crippen molar-refractivity contribution in [2.75, 3.05) is 7.05 Å². The molecule has 0 saturated heterocycles. The van der Waals surface area contributed by atoms with E-state index in [4.69, 9.17) is 23.2 Å². The van der Waals surface area contributed by atoms with Crippen LogP contribution >= 0.6 is 23.2 Å². The molecule has 0 aliphatic heterocycles. The van der Waals surface area contributed by atoms with Gasteiger partial charge in [-0.1, -0.05) is 29.3 Å². The Hall–Kier alpha value is -1.09. The number of nitrogens with one attached hydrogen (secondary N) is 1. The van der Waals surface area contributed by atoms with Crippen molar-refractivity contribution in [3.05, 3.63) is 69.0 Å². The van der Waals surface area contributed by atoms with E-state index in [1.807, 2.05) is 32.2 Å². The summed E-state index contributed by atoms with van der Waals surface area (Å²) in [6, 6.07) is 10.4. The molecule has 106 valence electrons. The lowest BCUT2D eigenvalue weighted by Gasteiger charge is -2.18. The van der Waals surface area contributed by atoms with Crippen molar-refractivity contribution in [1.82, 2.24) is 5.32 Å². The van der Waals surface area contributed by atoms with Crippen LogP contribution in [0.5, 0.6) is 0 Å². The summed E-state index contributed by atoms with van der Waals surface area (Å²) < 4.78 is 13.1. The van der Waals surface area contributed by atoms with Crippen molar-refractivity contribution >= 4 is 23.2 Å². The Bertz CT molecular complexity index is 593. The summed E-state index contributed by atoms with van der Waals surface area (Å²) in [5, 5.41) is 4.48. The fourth-order valence-corrected chi connectivity index (χ4v) is 2.81. The predicted octanol–water partition coefficient (Wildman–Crippen LogP) is 4.94. The number of rotatable bonds is 4. The molecular formula is C16H16Cl2FN. The molecule has 2 rings (SSSR count). The molecule has 0 aromatic heterocycles. The van der Waals surface area contributed by atoms with E-state index in [1.54, 1.807) is 12.1 Å². The number of hydrogen-bond donors (Lipinski definition) is 1. The molecule has 0 saturated carbocycles. The number of aryl methyl sites for hydroxylation is 1. The molecule has 20 heavy (non-hydrogen) atoms. The maximum Gasteiger partial charge on any atom is 0.123 e. The first-order valence-electron chi connectivity index (χ1n) is 6.38. The smallest absolute Gasteiger partial charge is 0.123 e. The molecule has 0 fully saturated rings. The lowest BCUT2D eigenvalue weighted by molar-refractivity contribution is 0.587. The molecule has 0 aliphatic rings. The van der Waals surface area contributed by atoms with E-state index in [9.17, 15) is 4.39 Å². The molecule has 0 amide bonds. The first-order chi connectivity index (χ1) is 9.49. The Morgan fingerprint density at radius 3 is 2.30 bits per heavy atom. The van der Waals surface area contributed by atoms with Crippen LogP contribution in [-0.4, -0.2) is 7.05 Å². The van der Waals surface area contributed by atoms with Crippen molar-refractivity contribution < 1.29 is 4.39 Å². The van der Waals surface area contributed by atoms with E-state index in [0.29, 0.717) is 10.0 Å². The highest BCUT2D eigenvalue weighted by Crippen LogP contribution is 2.26. The highest BCUT2D eigenvalue weighted by molar-refractivity contribution is 6.34. The molecule has 0 bridgehead atoms. The third-order valence-corrected chi connectivity index (χ3v) is 3.80. The van der Waals surface area contributed by atoms with Crippen molar-refractivity contribution in [1.29, 1.82) is 0 Å². The summed E-state index contributed by atoms with van der Waals surface area (Å²) >= 11 is 12.1. The second-order valence-electron chi connectivity index (χ2n) is 4.82. The summed E-state index contributed by atoms with van der Waals surface area (Å²) in [7, 11) is 1.89. The van der Waals surface area contributed by atoms with Crippen LogP contribution in [-0.2, 0) is 6.42 Å². The number of likely N-dealkylation sites (N-methyl/N-ethyl adjacent to an activating group) is 1. The van der Waals surface area contributed by atoms with Crippen LogP contribution in [0.15, 0.2) is 36.4 Å². The molecular weight excluding hydrogens is 296 g/mol. The highest BCUT2D eigenvalue weighted by atomic mass is 35.5. The third kappa shape index (κ3) is 3.72. The molecule has 0 aliphatic carbocycles. The van der Waals surface area contributed by atoms with Gasteiger partial charge in [0.15, 0.2) is 0 Å². The van der Waals surface area contributed by atoms with Crippen molar-refractivity contribution in [3.8, 4) is 0 Å². The Labute approximate surface area is 128 Å². The first-order valence-corrected chi connectivity index (χ1v) is 7.13. The Morgan fingerprint density at radius 1 is 1.10 bits per heavy atom. The summed E-state index contributed by atoms with van der Waals surface area (Å²) in [4.78, 5) is 0. The summed E-state index contributed by atoms with van der Waals surface area (Å²) in [5.41, 5.74) is 3.06. The molecule has 0 heterocycles. The van der Waals surface area contributed by atoms with Gasteiger partial charge < -0.3 is 5.32 Å². The monoisotopic (exact) mass is 311 g/mol. The second kappa shape index (κ2) is 6.57. The third-order valence-electron chi connectivity index (χ3n) is 3.36. The minimum atomic E-state index is -0.210. The standard InChI is InChI=1S/C16H16Cl2FN/c1-10-5-15(19)4-3-11(10)8-16(20-2)12-6-13(17)9-14(18)7-12/h3-7,9,16,20H,8H2,1-2H3. The van der Waals surface area contributed by atoms with Crippen LogP contribution in [0.1, 0.15) is 22.7 Å². The number of hydrogen-bond acceptors (Lipinski definition) is 1. The average molecular weight is 312 g/mol. The molecule has 0 radical (unpaired) electrons. The maximum absolute atomic E-state index is 13.1. The van der Waals surface area contributed by atoms with E-state index in [-0.39, 0.29) is 11.9 Å². The van der Waals surface area contributed by atoms with E-state index in [1.165, 1.54) is 6.07 Å². The maximum atomic E-state index is 13.1. The van der Waals surface area contributed by atoms with E-state index in [0.717, 1.165) is 23.1 Å². The molecule has 1 atom stereocenters. The van der Waals surface area contributed by atoms with Gasteiger partial charge in [-0.15, -0.1) is 0 Å². The van der Waals surface area contributed by atoms with Gasteiger partial charge in [0, 0.05) is 16.1 Å². The van der Waals surface area contributed by atoms with Crippen LogP contribution < -0.4 is 5.32 Å². The summed E-state index contributed by atoms with van der Waals surface area (Å²) in [6.45, 7) is 1.91. The van der Waals surface area contributed by atoms with Crippen molar-refractivity contribution in [3.63, 3.8) is 0 Å². The predicted molar refractivity (Wildman–Crippen MR) is 83.1 cm³/mol. The minimum Gasteiger partial charge on any atom is -0.313 e. The van der Waals surface area contributed by atoms with E-state index in [2.05, 4.69) is 5.32 Å². The van der Waals surface area contributed by atoms with Gasteiger partial charge in [-0.3, -0.25) is 0 Å². The van der Waals surface area contributed by atoms with E-state index < -0.39 is 0 Å². The molecule has 2 aromatic rings. The zero-order valence-corrected chi connectivity index (χ0v) is 12.9. The van der Waals surface area contributed by atoms with Gasteiger partial charge in [0.2, 0.25) is 0 Å². The van der Waals surface area contributed by atoms with Gasteiger partial charge in [-0.2, -0.15) is 0 Å². The van der Waals surface area contributed by atoms with Gasteiger partial charge >= 0.3 is 0 Å². The van der Waals surface area contributed by atoms with Gasteiger partial charge in [0.25, 0.3) is 0 Å². The van der Waals surface area contributed by atoms with Gasteiger partial charge in [0.05, 0.1) is 0 Å². The quantitative estimate of drug-likeness (QED) is 0.843. The lowest BCUT2D eigenvalue weighted by atomic mass is 9.96. The zero-order valence-electron chi connectivity index (χ0n) is 11.4. The summed E-state index contributed by atoms with van der Waals surface area (Å²) in [5.74, 6) is -0.210. The van der Waals surface area contributed by atoms with Crippen LogP contribution in [0, 0.1) is 12.7 Å². The van der Waals surface area contributed by atoms with Gasteiger partial charge in [-0.05, 0) is 67.4 Å². The molecule has 1 nitrogen and oxygen atoms in total. The van der Waals surface area contributed by atoms with Gasteiger partial charge in [0.1, 0.15) is 5.82 Å². The van der Waals surface area contributed by atoms with Crippen molar-refractivity contribution in [2.24, 2.45) is 0 Å². The molecule has 2 aromatic carbocycles. The highest BCUT2D eigenvalue weighted by Gasteiger charge is 2.13. The fourth-order valence-electron chi connectivity index (χ4n) is 2.27. The number of halogens is 3. The van der Waals surface area contributed by atoms with Crippen LogP contribution in [0.3, 0.4) is 0 Å². The van der Waals surface area contributed by atoms with Crippen LogP contribution in [0.2, 0.25) is 10.0 Å². The topological polar surface area (TPSA) is 12.0 Å². The molecule has 4 heteroatoms. The fraction of sp³-hybridized carbons (Fsp3) is 0.250. The number of benzene rings is 2. The van der Waals surface area contributed by atoms with Crippen LogP contribution in [0.25, 0.3) is 0 Å². The zero-order chi connectivity index (χ0) is 14.7. The summed E-state index contributed by atoms with van der Waals surface area (Å²) in [6.07, 6.45) is 0.749. The Morgan fingerprint density at radius 2 is 1.75 bits per heavy atom. The average Bonchev–Trinajstić information content (AvgIpc) is 2.36. The molecule has 0 spiro atoms. The minimum absolute atomic E-state index is 0.0790. The Kier molecular flexibility index (Phi) is 5.03. The van der Waals surface area contributed by atoms with E-state index >= 15 is 0 Å². The normalized spacial score (nSPS) is 12.4. The SMILES string of the molecule is CNC(Cc1ccc(F)cc1C)c1cc(Cl)cc(Cl)c1.